The number of hydrogen-bond acceptors (Lipinski definition) is 6. The molecule has 0 bridgehead atoms. The third kappa shape index (κ3) is 5.25. The van der Waals surface area contributed by atoms with Crippen molar-refractivity contribution in [3.05, 3.63) is 69.8 Å². The summed E-state index contributed by atoms with van der Waals surface area (Å²) in [6.45, 7) is 0.0124. The van der Waals surface area contributed by atoms with E-state index in [2.05, 4.69) is 9.97 Å². The molecular formula is C22H22Cl2N4O3. The number of aliphatic hydroxyl groups excluding tert-OH is 1. The number of likely N-dealkylation sites (N-methyl/N-ethyl adjacent to an activating group) is 1. The summed E-state index contributed by atoms with van der Waals surface area (Å²) in [5, 5.41) is 20.9. The van der Waals surface area contributed by atoms with Crippen LogP contribution in [0.1, 0.15) is 22.0 Å². The van der Waals surface area contributed by atoms with Gasteiger partial charge in [-0.15, -0.1) is 0 Å². The zero-order valence-electron chi connectivity index (χ0n) is 17.3. The average Bonchev–Trinajstić information content (AvgIpc) is 2.74. The van der Waals surface area contributed by atoms with Gasteiger partial charge in [0.25, 0.3) is 5.91 Å². The smallest absolute Gasteiger partial charge is 0.257 e. The molecule has 0 saturated carbocycles. The summed E-state index contributed by atoms with van der Waals surface area (Å²) in [6.07, 6.45) is 0.483. The van der Waals surface area contributed by atoms with Gasteiger partial charge < -0.3 is 20.0 Å². The molecule has 2 aromatic carbocycles. The van der Waals surface area contributed by atoms with E-state index in [1.54, 1.807) is 56.4 Å². The number of aliphatic hydroxyl groups is 1. The van der Waals surface area contributed by atoms with Crippen molar-refractivity contribution in [3.63, 3.8) is 0 Å². The minimum absolute atomic E-state index is 0.0124. The van der Waals surface area contributed by atoms with Crippen molar-refractivity contribution in [2.24, 2.45) is 0 Å². The summed E-state index contributed by atoms with van der Waals surface area (Å²) in [4.78, 5) is 25.1. The number of phenolic OH excluding ortho intramolecular Hbond substituents is 1. The van der Waals surface area contributed by atoms with E-state index >= 15 is 0 Å². The SMILES string of the molecule is CN(CC(O)c1cccc(O)c1)C(=O)c1cnc(N(C)C)nc1-c1ccc(Cl)c(Cl)c1. The Kier molecular flexibility index (Phi) is 7.00. The summed E-state index contributed by atoms with van der Waals surface area (Å²) >= 11 is 12.2. The zero-order chi connectivity index (χ0) is 22.7. The van der Waals surface area contributed by atoms with Gasteiger partial charge in [0, 0.05) is 32.9 Å². The van der Waals surface area contributed by atoms with Crippen molar-refractivity contribution in [2.45, 2.75) is 6.10 Å². The molecule has 3 rings (SSSR count). The second-order valence-corrected chi connectivity index (χ2v) is 8.07. The number of benzene rings is 2. The van der Waals surface area contributed by atoms with Crippen LogP contribution < -0.4 is 4.90 Å². The number of hydrogen-bond donors (Lipinski definition) is 2. The monoisotopic (exact) mass is 460 g/mol. The molecule has 1 atom stereocenters. The molecule has 1 aromatic heterocycles. The highest BCUT2D eigenvalue weighted by Crippen LogP contribution is 2.30. The molecule has 0 spiro atoms. The quantitative estimate of drug-likeness (QED) is 0.576. The molecule has 0 saturated heterocycles. The molecule has 9 heteroatoms. The maximum Gasteiger partial charge on any atom is 0.257 e. The van der Waals surface area contributed by atoms with Crippen LogP contribution in [-0.4, -0.2) is 58.7 Å². The molecule has 1 amide bonds. The lowest BCUT2D eigenvalue weighted by atomic mass is 10.1. The first-order valence-corrected chi connectivity index (χ1v) is 10.1. The number of nitrogens with zero attached hydrogens (tertiary/aromatic N) is 4. The minimum Gasteiger partial charge on any atom is -0.508 e. The first-order chi connectivity index (χ1) is 14.7. The van der Waals surface area contributed by atoms with Crippen LogP contribution in [-0.2, 0) is 0 Å². The molecule has 162 valence electrons. The van der Waals surface area contributed by atoms with Crippen LogP contribution in [0, 0.1) is 0 Å². The van der Waals surface area contributed by atoms with Crippen molar-refractivity contribution in [3.8, 4) is 17.0 Å². The Labute approximate surface area is 190 Å². The Morgan fingerprint density at radius 2 is 1.84 bits per heavy atom. The Bertz CT molecular complexity index is 1110. The van der Waals surface area contributed by atoms with Crippen molar-refractivity contribution in [1.29, 1.82) is 0 Å². The molecule has 0 aliphatic rings. The predicted octanol–water partition coefficient (Wildman–Crippen LogP) is 4.03. The van der Waals surface area contributed by atoms with Gasteiger partial charge in [-0.05, 0) is 29.8 Å². The molecule has 7 nitrogen and oxygen atoms in total. The van der Waals surface area contributed by atoms with Gasteiger partial charge >= 0.3 is 0 Å². The number of aromatic nitrogens is 2. The van der Waals surface area contributed by atoms with Crippen molar-refractivity contribution in [1.82, 2.24) is 14.9 Å². The minimum atomic E-state index is -0.976. The van der Waals surface area contributed by atoms with Gasteiger partial charge in [-0.3, -0.25) is 4.79 Å². The van der Waals surface area contributed by atoms with E-state index in [0.29, 0.717) is 32.8 Å². The normalized spacial score (nSPS) is 11.8. The third-order valence-electron chi connectivity index (χ3n) is 4.65. The van der Waals surface area contributed by atoms with Crippen LogP contribution in [0.25, 0.3) is 11.3 Å². The van der Waals surface area contributed by atoms with E-state index in [1.165, 1.54) is 23.2 Å². The first kappa shape index (κ1) is 22.8. The molecule has 0 aliphatic heterocycles. The molecule has 0 aliphatic carbocycles. The van der Waals surface area contributed by atoms with Crippen LogP contribution in [0.3, 0.4) is 0 Å². The van der Waals surface area contributed by atoms with Gasteiger partial charge in [0.05, 0.1) is 34.0 Å². The number of carbonyl (C=O) groups excluding carboxylic acids is 1. The summed E-state index contributed by atoms with van der Waals surface area (Å²) < 4.78 is 0. The van der Waals surface area contributed by atoms with Crippen molar-refractivity contribution < 1.29 is 15.0 Å². The van der Waals surface area contributed by atoms with Crippen molar-refractivity contribution >= 4 is 35.1 Å². The van der Waals surface area contributed by atoms with E-state index in [0.717, 1.165) is 0 Å². The number of halogens is 2. The van der Waals surface area contributed by atoms with Crippen LogP contribution in [0.15, 0.2) is 48.7 Å². The highest BCUT2D eigenvalue weighted by atomic mass is 35.5. The number of phenols is 1. The van der Waals surface area contributed by atoms with Crippen LogP contribution in [0.5, 0.6) is 5.75 Å². The van der Waals surface area contributed by atoms with Crippen molar-refractivity contribution in [2.75, 3.05) is 32.6 Å². The maximum atomic E-state index is 13.2. The first-order valence-electron chi connectivity index (χ1n) is 9.39. The Hall–Kier alpha value is -2.87. The number of anilines is 1. The van der Waals surface area contributed by atoms with E-state index in [4.69, 9.17) is 23.2 Å². The summed E-state index contributed by atoms with van der Waals surface area (Å²) in [5.74, 6) is 0.103. The van der Waals surface area contributed by atoms with E-state index in [-0.39, 0.29) is 23.8 Å². The fourth-order valence-corrected chi connectivity index (χ4v) is 3.29. The van der Waals surface area contributed by atoms with Gasteiger partial charge in [0.15, 0.2) is 0 Å². The van der Waals surface area contributed by atoms with Gasteiger partial charge in [-0.1, -0.05) is 41.4 Å². The zero-order valence-corrected chi connectivity index (χ0v) is 18.8. The molecule has 0 radical (unpaired) electrons. The second kappa shape index (κ2) is 9.51. The molecule has 2 N–H and O–H groups in total. The third-order valence-corrected chi connectivity index (χ3v) is 5.39. The van der Waals surface area contributed by atoms with Crippen LogP contribution >= 0.6 is 23.2 Å². The number of amides is 1. The van der Waals surface area contributed by atoms with Gasteiger partial charge in [-0.25, -0.2) is 9.97 Å². The summed E-state index contributed by atoms with van der Waals surface area (Å²) in [6, 6.07) is 11.3. The van der Waals surface area contributed by atoms with E-state index < -0.39 is 6.10 Å². The number of rotatable bonds is 6. The molecular weight excluding hydrogens is 439 g/mol. The van der Waals surface area contributed by atoms with Crippen LogP contribution in [0.4, 0.5) is 5.95 Å². The molecule has 1 unspecified atom stereocenters. The average molecular weight is 461 g/mol. The van der Waals surface area contributed by atoms with Gasteiger partial charge in [-0.2, -0.15) is 0 Å². The standard InChI is InChI=1S/C22H22Cl2N4O3/c1-27(2)22-25-11-16(20(26-22)14-7-8-17(23)18(24)10-14)21(31)28(3)12-19(30)13-5-4-6-15(29)9-13/h4-11,19,29-30H,12H2,1-3H3. The second-order valence-electron chi connectivity index (χ2n) is 7.25. The Morgan fingerprint density at radius 3 is 2.48 bits per heavy atom. The summed E-state index contributed by atoms with van der Waals surface area (Å²) in [7, 11) is 5.17. The Balaban J connectivity index is 1.94. The molecule has 31 heavy (non-hydrogen) atoms. The lowest BCUT2D eigenvalue weighted by Crippen LogP contribution is -2.32. The number of carbonyl (C=O) groups is 1. The fraction of sp³-hybridized carbons (Fsp3) is 0.227. The van der Waals surface area contributed by atoms with Crippen LogP contribution in [0.2, 0.25) is 10.0 Å². The number of aromatic hydroxyl groups is 1. The van der Waals surface area contributed by atoms with Gasteiger partial charge in [0.2, 0.25) is 5.95 Å². The fourth-order valence-electron chi connectivity index (χ4n) is 2.99. The van der Waals surface area contributed by atoms with E-state index in [1.807, 2.05) is 0 Å². The largest absolute Gasteiger partial charge is 0.508 e. The predicted molar refractivity (Wildman–Crippen MR) is 122 cm³/mol. The maximum absolute atomic E-state index is 13.2. The topological polar surface area (TPSA) is 89.8 Å². The molecule has 1 heterocycles. The summed E-state index contributed by atoms with van der Waals surface area (Å²) in [5.41, 5.74) is 1.78. The van der Waals surface area contributed by atoms with E-state index in [9.17, 15) is 15.0 Å². The highest BCUT2D eigenvalue weighted by molar-refractivity contribution is 6.42. The lowest BCUT2D eigenvalue weighted by Gasteiger charge is -2.23. The lowest BCUT2D eigenvalue weighted by molar-refractivity contribution is 0.0681. The van der Waals surface area contributed by atoms with Gasteiger partial charge in [0.1, 0.15) is 5.75 Å². The Morgan fingerprint density at radius 1 is 1.10 bits per heavy atom. The molecule has 0 fully saturated rings. The molecule has 3 aromatic rings. The highest BCUT2D eigenvalue weighted by Gasteiger charge is 2.23.